The number of benzene rings is 3. The van der Waals surface area contributed by atoms with Crippen molar-refractivity contribution in [3.63, 3.8) is 0 Å². The SMILES string of the molecule is Cc1ccc(-c2nc(SCc3ccccc3)c3ccccc3n2)cc1. The average molecular weight is 342 g/mol. The molecule has 0 aliphatic rings. The Hall–Kier alpha value is -2.65. The van der Waals surface area contributed by atoms with Gasteiger partial charge in [-0.3, -0.25) is 0 Å². The van der Waals surface area contributed by atoms with E-state index in [0.29, 0.717) is 0 Å². The zero-order valence-corrected chi connectivity index (χ0v) is 14.8. The van der Waals surface area contributed by atoms with Crippen LogP contribution in [-0.4, -0.2) is 9.97 Å². The summed E-state index contributed by atoms with van der Waals surface area (Å²) in [7, 11) is 0. The number of hydrogen-bond donors (Lipinski definition) is 0. The molecule has 4 rings (SSSR count). The van der Waals surface area contributed by atoms with Crippen molar-refractivity contribution in [2.75, 3.05) is 0 Å². The molecule has 3 aromatic carbocycles. The maximum Gasteiger partial charge on any atom is 0.161 e. The summed E-state index contributed by atoms with van der Waals surface area (Å²) in [5.41, 5.74) is 4.58. The quantitative estimate of drug-likeness (QED) is 0.341. The molecule has 3 heteroatoms. The highest BCUT2D eigenvalue weighted by atomic mass is 32.2. The smallest absolute Gasteiger partial charge is 0.161 e. The summed E-state index contributed by atoms with van der Waals surface area (Å²) in [5, 5.41) is 2.14. The van der Waals surface area contributed by atoms with Gasteiger partial charge >= 0.3 is 0 Å². The summed E-state index contributed by atoms with van der Waals surface area (Å²) in [6, 6.07) is 27.1. The molecule has 0 saturated heterocycles. The molecule has 0 aliphatic carbocycles. The molecule has 25 heavy (non-hydrogen) atoms. The standard InChI is InChI=1S/C22H18N2S/c1-16-11-13-18(14-12-16)21-23-20-10-6-5-9-19(20)22(24-21)25-15-17-7-3-2-4-8-17/h2-14H,15H2,1H3. The minimum Gasteiger partial charge on any atom is -0.228 e. The third kappa shape index (κ3) is 3.57. The number of para-hydroxylation sites is 1. The maximum absolute atomic E-state index is 4.87. The van der Waals surface area contributed by atoms with Crippen LogP contribution in [0.25, 0.3) is 22.3 Å². The Morgan fingerprint density at radius 3 is 2.28 bits per heavy atom. The van der Waals surface area contributed by atoms with Gasteiger partial charge in [0.1, 0.15) is 5.03 Å². The van der Waals surface area contributed by atoms with Gasteiger partial charge in [-0.1, -0.05) is 78.4 Å². The van der Waals surface area contributed by atoms with Crippen LogP contribution in [0.15, 0.2) is 83.9 Å². The van der Waals surface area contributed by atoms with Crippen LogP contribution in [0.2, 0.25) is 0 Å². The first kappa shape index (κ1) is 15.9. The first-order valence-electron chi connectivity index (χ1n) is 8.30. The lowest BCUT2D eigenvalue weighted by Gasteiger charge is -2.09. The molecule has 0 spiro atoms. The Morgan fingerprint density at radius 1 is 0.760 bits per heavy atom. The number of aryl methyl sites for hydroxylation is 1. The number of aromatic nitrogens is 2. The predicted molar refractivity (Wildman–Crippen MR) is 106 cm³/mol. The minimum atomic E-state index is 0.786. The lowest BCUT2D eigenvalue weighted by atomic mass is 10.1. The second-order valence-electron chi connectivity index (χ2n) is 6.01. The van der Waals surface area contributed by atoms with Crippen LogP contribution in [0.4, 0.5) is 0 Å². The normalized spacial score (nSPS) is 10.9. The van der Waals surface area contributed by atoms with Crippen molar-refractivity contribution in [1.82, 2.24) is 9.97 Å². The van der Waals surface area contributed by atoms with Crippen LogP contribution in [0.1, 0.15) is 11.1 Å². The van der Waals surface area contributed by atoms with E-state index in [-0.39, 0.29) is 0 Å². The molecule has 0 radical (unpaired) electrons. The number of fused-ring (bicyclic) bond motifs is 1. The van der Waals surface area contributed by atoms with Gasteiger partial charge in [0, 0.05) is 16.7 Å². The third-order valence-electron chi connectivity index (χ3n) is 4.10. The Balaban J connectivity index is 1.74. The highest BCUT2D eigenvalue weighted by molar-refractivity contribution is 7.98. The van der Waals surface area contributed by atoms with E-state index in [4.69, 9.17) is 9.97 Å². The molecule has 4 aromatic rings. The van der Waals surface area contributed by atoms with Crippen molar-refractivity contribution in [3.05, 3.63) is 90.0 Å². The maximum atomic E-state index is 4.87. The summed E-state index contributed by atoms with van der Waals surface area (Å²) in [6.45, 7) is 2.09. The van der Waals surface area contributed by atoms with Crippen LogP contribution in [-0.2, 0) is 5.75 Å². The van der Waals surface area contributed by atoms with Crippen molar-refractivity contribution < 1.29 is 0 Å². The molecule has 0 N–H and O–H groups in total. The van der Waals surface area contributed by atoms with Gasteiger partial charge in [-0.25, -0.2) is 9.97 Å². The van der Waals surface area contributed by atoms with E-state index in [0.717, 1.165) is 33.1 Å². The second-order valence-corrected chi connectivity index (χ2v) is 6.97. The minimum absolute atomic E-state index is 0.786. The Bertz CT molecular complexity index is 995. The van der Waals surface area contributed by atoms with Gasteiger partial charge in [-0.2, -0.15) is 0 Å². The molecule has 0 atom stereocenters. The summed E-state index contributed by atoms with van der Waals surface area (Å²) in [5.74, 6) is 1.68. The molecular weight excluding hydrogens is 324 g/mol. The zero-order valence-electron chi connectivity index (χ0n) is 14.0. The molecular formula is C22H18N2S. The zero-order chi connectivity index (χ0) is 17.1. The van der Waals surface area contributed by atoms with E-state index in [9.17, 15) is 0 Å². The van der Waals surface area contributed by atoms with Gasteiger partial charge in [-0.15, -0.1) is 11.8 Å². The van der Waals surface area contributed by atoms with Crippen molar-refractivity contribution in [3.8, 4) is 11.4 Å². The van der Waals surface area contributed by atoms with Gasteiger partial charge in [0.2, 0.25) is 0 Å². The Morgan fingerprint density at radius 2 is 1.48 bits per heavy atom. The predicted octanol–water partition coefficient (Wildman–Crippen LogP) is 5.90. The Labute approximate surface area is 152 Å². The number of thioether (sulfide) groups is 1. The topological polar surface area (TPSA) is 25.8 Å². The fraction of sp³-hybridized carbons (Fsp3) is 0.0909. The van der Waals surface area contributed by atoms with Gasteiger partial charge in [0.25, 0.3) is 0 Å². The van der Waals surface area contributed by atoms with Crippen molar-refractivity contribution in [2.24, 2.45) is 0 Å². The fourth-order valence-corrected chi connectivity index (χ4v) is 3.69. The average Bonchev–Trinajstić information content (AvgIpc) is 2.67. The molecule has 0 amide bonds. The summed E-state index contributed by atoms with van der Waals surface area (Å²) in [4.78, 5) is 9.63. The highest BCUT2D eigenvalue weighted by Crippen LogP contribution is 2.30. The van der Waals surface area contributed by atoms with Crippen molar-refractivity contribution in [2.45, 2.75) is 17.7 Å². The molecule has 122 valence electrons. The first-order chi connectivity index (χ1) is 12.3. The van der Waals surface area contributed by atoms with E-state index < -0.39 is 0 Å². The van der Waals surface area contributed by atoms with E-state index in [1.807, 2.05) is 18.2 Å². The number of nitrogens with zero attached hydrogens (tertiary/aromatic N) is 2. The van der Waals surface area contributed by atoms with E-state index in [2.05, 4.69) is 67.6 Å². The molecule has 2 nitrogen and oxygen atoms in total. The van der Waals surface area contributed by atoms with E-state index >= 15 is 0 Å². The van der Waals surface area contributed by atoms with Gasteiger partial charge in [0.15, 0.2) is 5.82 Å². The molecule has 0 unspecified atom stereocenters. The van der Waals surface area contributed by atoms with Crippen LogP contribution in [0, 0.1) is 6.92 Å². The molecule has 0 fully saturated rings. The van der Waals surface area contributed by atoms with Crippen LogP contribution < -0.4 is 0 Å². The molecule has 0 saturated carbocycles. The van der Waals surface area contributed by atoms with Crippen LogP contribution in [0.3, 0.4) is 0 Å². The lowest BCUT2D eigenvalue weighted by molar-refractivity contribution is 1.11. The monoisotopic (exact) mass is 342 g/mol. The summed E-state index contributed by atoms with van der Waals surface area (Å²) < 4.78 is 0. The summed E-state index contributed by atoms with van der Waals surface area (Å²) in [6.07, 6.45) is 0. The molecule has 1 aromatic heterocycles. The van der Waals surface area contributed by atoms with Crippen molar-refractivity contribution in [1.29, 1.82) is 0 Å². The highest BCUT2D eigenvalue weighted by Gasteiger charge is 2.10. The third-order valence-corrected chi connectivity index (χ3v) is 5.16. The van der Waals surface area contributed by atoms with Crippen molar-refractivity contribution >= 4 is 22.7 Å². The summed E-state index contributed by atoms with van der Waals surface area (Å²) >= 11 is 1.76. The number of hydrogen-bond acceptors (Lipinski definition) is 3. The molecule has 1 heterocycles. The lowest BCUT2D eigenvalue weighted by Crippen LogP contribution is -1.94. The van der Waals surface area contributed by atoms with Gasteiger partial charge < -0.3 is 0 Å². The Kier molecular flexibility index (Phi) is 4.49. The largest absolute Gasteiger partial charge is 0.228 e. The van der Waals surface area contributed by atoms with E-state index in [1.54, 1.807) is 11.8 Å². The fourth-order valence-electron chi connectivity index (χ4n) is 2.72. The van der Waals surface area contributed by atoms with Gasteiger partial charge in [-0.05, 0) is 18.6 Å². The van der Waals surface area contributed by atoms with Crippen LogP contribution in [0.5, 0.6) is 0 Å². The first-order valence-corrected chi connectivity index (χ1v) is 9.29. The molecule has 0 bridgehead atoms. The molecule has 0 aliphatic heterocycles. The second kappa shape index (κ2) is 7.08. The van der Waals surface area contributed by atoms with E-state index in [1.165, 1.54) is 11.1 Å². The number of rotatable bonds is 4. The van der Waals surface area contributed by atoms with Gasteiger partial charge in [0.05, 0.1) is 5.52 Å². The van der Waals surface area contributed by atoms with Crippen LogP contribution >= 0.6 is 11.8 Å².